The van der Waals surface area contributed by atoms with Crippen molar-refractivity contribution in [1.29, 1.82) is 5.26 Å². The molecule has 1 aliphatic heterocycles. The van der Waals surface area contributed by atoms with Gasteiger partial charge in [0.25, 0.3) is 0 Å². The average Bonchev–Trinajstić information content (AvgIpc) is 2.48. The zero-order chi connectivity index (χ0) is 14.4. The van der Waals surface area contributed by atoms with Crippen LogP contribution in [-0.2, 0) is 0 Å². The summed E-state index contributed by atoms with van der Waals surface area (Å²) in [5.74, 6) is 1.66. The van der Waals surface area contributed by atoms with Crippen LogP contribution in [0.3, 0.4) is 0 Å². The fraction of sp³-hybridized carbons (Fsp3) is 0.562. The van der Waals surface area contributed by atoms with Crippen LogP contribution < -0.4 is 10.6 Å². The number of benzene rings is 1. The molecule has 1 fully saturated rings. The van der Waals surface area contributed by atoms with Gasteiger partial charge >= 0.3 is 0 Å². The summed E-state index contributed by atoms with van der Waals surface area (Å²) < 4.78 is 0. The average molecular weight is 289 g/mol. The number of piperidine rings is 1. The molecule has 0 aromatic heterocycles. The molecule has 2 rings (SSSR count). The molecule has 0 bridgehead atoms. The highest BCUT2D eigenvalue weighted by molar-refractivity contribution is 7.99. The molecule has 1 aromatic rings. The van der Waals surface area contributed by atoms with E-state index in [2.05, 4.69) is 36.1 Å². The molecule has 0 amide bonds. The SMILES string of the molecule is CCSc1cccc(N2CCCC(CCN)C2)c1C#N. The number of anilines is 1. The van der Waals surface area contributed by atoms with Crippen molar-refractivity contribution >= 4 is 17.4 Å². The van der Waals surface area contributed by atoms with Crippen molar-refractivity contribution in [3.8, 4) is 6.07 Å². The molecule has 3 nitrogen and oxygen atoms in total. The fourth-order valence-electron chi connectivity index (χ4n) is 2.93. The second kappa shape index (κ2) is 7.56. The third-order valence-electron chi connectivity index (χ3n) is 3.85. The van der Waals surface area contributed by atoms with E-state index in [1.165, 1.54) is 12.8 Å². The van der Waals surface area contributed by atoms with Crippen LogP contribution in [0.4, 0.5) is 5.69 Å². The molecule has 1 atom stereocenters. The first kappa shape index (κ1) is 15.2. The van der Waals surface area contributed by atoms with Gasteiger partial charge in [0, 0.05) is 18.0 Å². The summed E-state index contributed by atoms with van der Waals surface area (Å²) in [6.07, 6.45) is 3.54. The second-order valence-electron chi connectivity index (χ2n) is 5.23. The van der Waals surface area contributed by atoms with E-state index in [4.69, 9.17) is 5.73 Å². The third-order valence-corrected chi connectivity index (χ3v) is 4.79. The van der Waals surface area contributed by atoms with Gasteiger partial charge in [-0.3, -0.25) is 0 Å². The van der Waals surface area contributed by atoms with E-state index in [-0.39, 0.29) is 0 Å². The Kier molecular flexibility index (Phi) is 5.75. The van der Waals surface area contributed by atoms with Crippen molar-refractivity contribution in [1.82, 2.24) is 0 Å². The zero-order valence-electron chi connectivity index (χ0n) is 12.1. The van der Waals surface area contributed by atoms with Gasteiger partial charge in [-0.15, -0.1) is 11.8 Å². The maximum absolute atomic E-state index is 9.52. The van der Waals surface area contributed by atoms with Crippen molar-refractivity contribution in [2.45, 2.75) is 31.1 Å². The van der Waals surface area contributed by atoms with Gasteiger partial charge in [0.2, 0.25) is 0 Å². The smallest absolute Gasteiger partial charge is 0.103 e. The zero-order valence-corrected chi connectivity index (χ0v) is 13.0. The number of nitriles is 1. The van der Waals surface area contributed by atoms with Gasteiger partial charge in [0.15, 0.2) is 0 Å². The van der Waals surface area contributed by atoms with Gasteiger partial charge in [-0.25, -0.2) is 0 Å². The van der Waals surface area contributed by atoms with Crippen LogP contribution in [0.5, 0.6) is 0 Å². The van der Waals surface area contributed by atoms with E-state index in [1.807, 2.05) is 0 Å². The Labute approximate surface area is 126 Å². The van der Waals surface area contributed by atoms with E-state index in [0.717, 1.165) is 48.0 Å². The standard InChI is InChI=1S/C16H23N3S/c1-2-20-16-7-3-6-15(14(16)11-18)19-10-4-5-13(12-19)8-9-17/h3,6-7,13H,2,4-5,8-10,12,17H2,1H3. The Bertz CT molecular complexity index is 479. The highest BCUT2D eigenvalue weighted by Crippen LogP contribution is 2.33. The topological polar surface area (TPSA) is 53.0 Å². The van der Waals surface area contributed by atoms with Crippen LogP contribution in [0, 0.1) is 17.2 Å². The molecule has 0 saturated carbocycles. The quantitative estimate of drug-likeness (QED) is 0.846. The van der Waals surface area contributed by atoms with Crippen molar-refractivity contribution in [2.75, 3.05) is 30.3 Å². The fourth-order valence-corrected chi connectivity index (χ4v) is 3.71. The molecule has 1 saturated heterocycles. The second-order valence-corrected chi connectivity index (χ2v) is 6.53. The molecule has 0 radical (unpaired) electrons. The first-order valence-electron chi connectivity index (χ1n) is 7.41. The summed E-state index contributed by atoms with van der Waals surface area (Å²) in [4.78, 5) is 3.48. The number of hydrogen-bond donors (Lipinski definition) is 1. The minimum absolute atomic E-state index is 0.669. The van der Waals surface area contributed by atoms with Gasteiger partial charge in [0.05, 0.1) is 11.3 Å². The largest absolute Gasteiger partial charge is 0.370 e. The van der Waals surface area contributed by atoms with Crippen molar-refractivity contribution < 1.29 is 0 Å². The van der Waals surface area contributed by atoms with Crippen LogP contribution >= 0.6 is 11.8 Å². The van der Waals surface area contributed by atoms with E-state index in [0.29, 0.717) is 5.92 Å². The Morgan fingerprint density at radius 2 is 2.35 bits per heavy atom. The highest BCUT2D eigenvalue weighted by atomic mass is 32.2. The number of thioether (sulfide) groups is 1. The number of nitrogens with two attached hydrogens (primary N) is 1. The lowest BCUT2D eigenvalue weighted by atomic mass is 9.94. The molecule has 20 heavy (non-hydrogen) atoms. The lowest BCUT2D eigenvalue weighted by molar-refractivity contribution is 0.396. The van der Waals surface area contributed by atoms with Crippen molar-refractivity contribution in [2.24, 2.45) is 11.7 Å². The Morgan fingerprint density at radius 3 is 3.05 bits per heavy atom. The van der Waals surface area contributed by atoms with Crippen molar-refractivity contribution in [3.63, 3.8) is 0 Å². The van der Waals surface area contributed by atoms with Gasteiger partial charge in [0.1, 0.15) is 6.07 Å². The minimum atomic E-state index is 0.669. The van der Waals surface area contributed by atoms with E-state index >= 15 is 0 Å². The summed E-state index contributed by atoms with van der Waals surface area (Å²) in [6, 6.07) is 8.62. The molecule has 1 heterocycles. The van der Waals surface area contributed by atoms with E-state index in [1.54, 1.807) is 11.8 Å². The molecular weight excluding hydrogens is 266 g/mol. The summed E-state index contributed by atoms with van der Waals surface area (Å²) in [6.45, 7) is 4.97. The van der Waals surface area contributed by atoms with E-state index in [9.17, 15) is 5.26 Å². The molecule has 0 aliphatic carbocycles. The normalized spacial score (nSPS) is 18.9. The molecule has 108 valence electrons. The van der Waals surface area contributed by atoms with Gasteiger partial charge in [-0.1, -0.05) is 13.0 Å². The summed E-state index contributed by atoms with van der Waals surface area (Å²) in [7, 11) is 0. The first-order valence-corrected chi connectivity index (χ1v) is 8.39. The van der Waals surface area contributed by atoms with Gasteiger partial charge < -0.3 is 10.6 Å². The molecule has 0 spiro atoms. The molecule has 1 unspecified atom stereocenters. The number of nitrogens with zero attached hydrogens (tertiary/aromatic N) is 2. The third kappa shape index (κ3) is 3.47. The molecule has 1 aliphatic rings. The van der Waals surface area contributed by atoms with Crippen LogP contribution in [0.25, 0.3) is 0 Å². The summed E-state index contributed by atoms with van der Waals surface area (Å²) in [5.41, 5.74) is 7.63. The van der Waals surface area contributed by atoms with Crippen LogP contribution in [0.1, 0.15) is 31.7 Å². The highest BCUT2D eigenvalue weighted by Gasteiger charge is 2.22. The summed E-state index contributed by atoms with van der Waals surface area (Å²) >= 11 is 1.75. The van der Waals surface area contributed by atoms with Gasteiger partial charge in [-0.05, 0) is 49.6 Å². The molecule has 2 N–H and O–H groups in total. The Balaban J connectivity index is 2.23. The predicted molar refractivity (Wildman–Crippen MR) is 86.2 cm³/mol. The van der Waals surface area contributed by atoms with Crippen LogP contribution in [-0.4, -0.2) is 25.4 Å². The maximum atomic E-state index is 9.52. The minimum Gasteiger partial charge on any atom is -0.370 e. The van der Waals surface area contributed by atoms with Crippen LogP contribution in [0.15, 0.2) is 23.1 Å². The Hall–Kier alpha value is -1.18. The molecule has 4 heteroatoms. The molecular formula is C16H23N3S. The lowest BCUT2D eigenvalue weighted by Gasteiger charge is -2.35. The Morgan fingerprint density at radius 1 is 1.50 bits per heavy atom. The molecule has 1 aromatic carbocycles. The monoisotopic (exact) mass is 289 g/mol. The van der Waals surface area contributed by atoms with Gasteiger partial charge in [-0.2, -0.15) is 5.26 Å². The lowest BCUT2D eigenvalue weighted by Crippen LogP contribution is -2.36. The first-order chi connectivity index (χ1) is 9.80. The number of hydrogen-bond acceptors (Lipinski definition) is 4. The van der Waals surface area contributed by atoms with E-state index < -0.39 is 0 Å². The van der Waals surface area contributed by atoms with Crippen molar-refractivity contribution in [3.05, 3.63) is 23.8 Å². The summed E-state index contributed by atoms with van der Waals surface area (Å²) in [5, 5.41) is 9.52. The number of rotatable bonds is 5. The maximum Gasteiger partial charge on any atom is 0.103 e. The predicted octanol–water partition coefficient (Wildman–Crippen LogP) is 3.24. The van der Waals surface area contributed by atoms with Crippen LogP contribution in [0.2, 0.25) is 0 Å².